The van der Waals surface area contributed by atoms with Crippen LogP contribution in [0.3, 0.4) is 0 Å². The lowest BCUT2D eigenvalue weighted by molar-refractivity contribution is -0.117. The summed E-state index contributed by atoms with van der Waals surface area (Å²) in [7, 11) is 0. The van der Waals surface area contributed by atoms with Gasteiger partial charge in [-0.05, 0) is 62.6 Å². The molecule has 1 aliphatic carbocycles. The number of hydrogen-bond acceptors (Lipinski definition) is 4. The minimum Gasteiger partial charge on any atom is -0.371 e. The van der Waals surface area contributed by atoms with Gasteiger partial charge in [0.25, 0.3) is 5.91 Å². The van der Waals surface area contributed by atoms with Crippen LogP contribution in [0.2, 0.25) is 0 Å². The van der Waals surface area contributed by atoms with Crippen LogP contribution < -0.4 is 21.3 Å². The highest BCUT2D eigenvalue weighted by Gasteiger charge is 2.38. The van der Waals surface area contributed by atoms with Crippen LogP contribution in [0.25, 0.3) is 0 Å². The van der Waals surface area contributed by atoms with Gasteiger partial charge in [0.2, 0.25) is 5.91 Å². The van der Waals surface area contributed by atoms with Crippen LogP contribution in [0.15, 0.2) is 18.2 Å². The number of hydrogen-bond donors (Lipinski definition) is 3. The summed E-state index contributed by atoms with van der Waals surface area (Å²) in [5.74, 6) is 0.242. The van der Waals surface area contributed by atoms with Crippen LogP contribution in [0.1, 0.15) is 61.7 Å². The van der Waals surface area contributed by atoms with Crippen LogP contribution in [0.4, 0.5) is 11.4 Å². The zero-order valence-electron chi connectivity index (χ0n) is 15.9. The third-order valence-corrected chi connectivity index (χ3v) is 6.41. The number of primary amides is 1. The normalized spacial score (nSPS) is 27.9. The van der Waals surface area contributed by atoms with E-state index in [1.807, 2.05) is 6.07 Å². The van der Waals surface area contributed by atoms with Crippen molar-refractivity contribution in [3.63, 3.8) is 0 Å². The fraction of sp³-hybridized carbons (Fsp3) is 0.619. The first kappa shape index (κ1) is 18.3. The molecule has 6 heteroatoms. The van der Waals surface area contributed by atoms with Gasteiger partial charge >= 0.3 is 0 Å². The lowest BCUT2D eigenvalue weighted by Crippen LogP contribution is -2.40. The summed E-state index contributed by atoms with van der Waals surface area (Å²) >= 11 is 0. The Morgan fingerprint density at radius 2 is 1.85 bits per heavy atom. The van der Waals surface area contributed by atoms with E-state index < -0.39 is 5.91 Å². The standard InChI is InChI=1S/C21H30N4O2/c22-20(26)16-9-8-15(13-19(16)25-10-4-1-5-11-25)23-21(27)18-12-14-6-2-3-7-17(14)24-18/h8-9,13-14,17-18,24H,1-7,10-12H2,(H2,22,26)(H,23,27). The van der Waals surface area contributed by atoms with Crippen LogP contribution in [0.5, 0.6) is 0 Å². The molecule has 1 saturated carbocycles. The van der Waals surface area contributed by atoms with E-state index in [4.69, 9.17) is 5.73 Å². The second-order valence-electron chi connectivity index (χ2n) is 8.24. The van der Waals surface area contributed by atoms with E-state index in [1.54, 1.807) is 12.1 Å². The maximum atomic E-state index is 12.8. The zero-order valence-corrected chi connectivity index (χ0v) is 15.9. The second-order valence-corrected chi connectivity index (χ2v) is 8.24. The van der Waals surface area contributed by atoms with Gasteiger partial charge in [-0.1, -0.05) is 12.8 Å². The Labute approximate surface area is 160 Å². The molecule has 0 bridgehead atoms. The van der Waals surface area contributed by atoms with Gasteiger partial charge in [0.15, 0.2) is 0 Å². The summed E-state index contributed by atoms with van der Waals surface area (Å²) < 4.78 is 0. The molecule has 27 heavy (non-hydrogen) atoms. The number of carbonyl (C=O) groups excluding carboxylic acids is 2. The number of nitrogens with one attached hydrogen (secondary N) is 2. The first-order valence-corrected chi connectivity index (χ1v) is 10.4. The third-order valence-electron chi connectivity index (χ3n) is 6.41. The molecule has 146 valence electrons. The number of nitrogens with zero attached hydrogens (tertiary/aromatic N) is 1. The van der Waals surface area contributed by atoms with Crippen molar-refractivity contribution in [1.29, 1.82) is 0 Å². The largest absolute Gasteiger partial charge is 0.371 e. The zero-order chi connectivity index (χ0) is 18.8. The number of benzene rings is 1. The molecule has 2 heterocycles. The summed E-state index contributed by atoms with van der Waals surface area (Å²) in [6, 6.07) is 5.81. The Morgan fingerprint density at radius 1 is 1.07 bits per heavy atom. The molecule has 4 rings (SSSR count). The maximum absolute atomic E-state index is 12.8. The molecular formula is C21H30N4O2. The SMILES string of the molecule is NC(=O)c1ccc(NC(=O)C2CC3CCCCC3N2)cc1N1CCCCC1. The molecular weight excluding hydrogens is 340 g/mol. The van der Waals surface area contributed by atoms with E-state index in [9.17, 15) is 9.59 Å². The summed E-state index contributed by atoms with van der Waals surface area (Å²) in [6.45, 7) is 1.84. The van der Waals surface area contributed by atoms with E-state index in [1.165, 1.54) is 32.1 Å². The molecule has 0 spiro atoms. The number of nitrogens with two attached hydrogens (primary N) is 1. The quantitative estimate of drug-likeness (QED) is 0.760. The molecule has 2 saturated heterocycles. The van der Waals surface area contributed by atoms with Gasteiger partial charge in [-0.2, -0.15) is 0 Å². The van der Waals surface area contributed by atoms with Gasteiger partial charge in [-0.3, -0.25) is 9.59 Å². The van der Waals surface area contributed by atoms with Crippen molar-refractivity contribution in [1.82, 2.24) is 5.32 Å². The maximum Gasteiger partial charge on any atom is 0.250 e. The van der Waals surface area contributed by atoms with Crippen molar-refractivity contribution in [3.05, 3.63) is 23.8 Å². The number of fused-ring (bicyclic) bond motifs is 1. The molecule has 3 atom stereocenters. The molecule has 2 aliphatic heterocycles. The number of anilines is 2. The molecule has 6 nitrogen and oxygen atoms in total. The van der Waals surface area contributed by atoms with Gasteiger partial charge in [0, 0.05) is 24.8 Å². The number of piperidine rings is 1. The Bertz CT molecular complexity index is 700. The lowest BCUT2D eigenvalue weighted by Gasteiger charge is -2.30. The molecule has 1 aromatic carbocycles. The highest BCUT2D eigenvalue weighted by atomic mass is 16.2. The first-order valence-electron chi connectivity index (χ1n) is 10.4. The highest BCUT2D eigenvalue weighted by Crippen LogP contribution is 2.34. The smallest absolute Gasteiger partial charge is 0.250 e. The lowest BCUT2D eigenvalue weighted by atomic mass is 9.85. The molecule has 2 amide bonds. The van der Waals surface area contributed by atoms with Crippen LogP contribution >= 0.6 is 0 Å². The minimum atomic E-state index is -0.421. The number of amides is 2. The van der Waals surface area contributed by atoms with E-state index in [0.29, 0.717) is 17.5 Å². The van der Waals surface area contributed by atoms with Crippen LogP contribution in [-0.2, 0) is 4.79 Å². The average molecular weight is 370 g/mol. The number of rotatable bonds is 4. The van der Waals surface area contributed by atoms with E-state index in [2.05, 4.69) is 15.5 Å². The third kappa shape index (κ3) is 3.95. The van der Waals surface area contributed by atoms with E-state index >= 15 is 0 Å². The second kappa shape index (κ2) is 7.89. The van der Waals surface area contributed by atoms with Crippen molar-refractivity contribution >= 4 is 23.2 Å². The monoisotopic (exact) mass is 370 g/mol. The summed E-state index contributed by atoms with van der Waals surface area (Å²) in [5, 5.41) is 6.58. The fourth-order valence-corrected chi connectivity index (χ4v) is 4.96. The van der Waals surface area contributed by atoms with Crippen molar-refractivity contribution in [3.8, 4) is 0 Å². The number of carbonyl (C=O) groups is 2. The Hall–Kier alpha value is -2.08. The van der Waals surface area contributed by atoms with Crippen molar-refractivity contribution in [2.45, 2.75) is 63.5 Å². The Balaban J connectivity index is 1.48. The van der Waals surface area contributed by atoms with E-state index in [0.717, 1.165) is 43.7 Å². The van der Waals surface area contributed by atoms with Gasteiger partial charge in [-0.25, -0.2) is 0 Å². The topological polar surface area (TPSA) is 87.5 Å². The van der Waals surface area contributed by atoms with Gasteiger partial charge < -0.3 is 21.3 Å². The summed E-state index contributed by atoms with van der Waals surface area (Å²) in [4.78, 5) is 26.8. The van der Waals surface area contributed by atoms with Crippen molar-refractivity contribution in [2.24, 2.45) is 11.7 Å². The molecule has 3 aliphatic rings. The van der Waals surface area contributed by atoms with Crippen LogP contribution in [-0.4, -0.2) is 37.0 Å². The van der Waals surface area contributed by atoms with Gasteiger partial charge in [0.05, 0.1) is 17.3 Å². The van der Waals surface area contributed by atoms with Crippen LogP contribution in [0, 0.1) is 5.92 Å². The molecule has 0 radical (unpaired) electrons. The molecule has 1 aromatic rings. The molecule has 3 fully saturated rings. The predicted molar refractivity (Wildman–Crippen MR) is 107 cm³/mol. The summed E-state index contributed by atoms with van der Waals surface area (Å²) in [5.41, 5.74) is 7.68. The Kier molecular flexibility index (Phi) is 5.34. The Morgan fingerprint density at radius 3 is 2.59 bits per heavy atom. The minimum absolute atomic E-state index is 0.0285. The van der Waals surface area contributed by atoms with Gasteiger partial charge in [-0.15, -0.1) is 0 Å². The fourth-order valence-electron chi connectivity index (χ4n) is 4.96. The predicted octanol–water partition coefficient (Wildman–Crippen LogP) is 2.64. The average Bonchev–Trinajstić information content (AvgIpc) is 3.13. The first-order chi connectivity index (χ1) is 13.1. The van der Waals surface area contributed by atoms with Crippen molar-refractivity contribution < 1.29 is 9.59 Å². The summed E-state index contributed by atoms with van der Waals surface area (Å²) in [6.07, 6.45) is 9.33. The highest BCUT2D eigenvalue weighted by molar-refractivity contribution is 6.01. The molecule has 3 unspecified atom stereocenters. The van der Waals surface area contributed by atoms with Gasteiger partial charge in [0.1, 0.15) is 0 Å². The van der Waals surface area contributed by atoms with Crippen molar-refractivity contribution in [2.75, 3.05) is 23.3 Å². The van der Waals surface area contributed by atoms with E-state index in [-0.39, 0.29) is 11.9 Å². The molecule has 0 aromatic heterocycles. The molecule has 4 N–H and O–H groups in total.